The lowest BCUT2D eigenvalue weighted by Crippen LogP contribution is -2.15. The van der Waals surface area contributed by atoms with Gasteiger partial charge >= 0.3 is 0 Å². The van der Waals surface area contributed by atoms with E-state index < -0.39 is 0 Å². The highest BCUT2D eigenvalue weighted by molar-refractivity contribution is 5.97. The Hall–Kier alpha value is -2.50. The van der Waals surface area contributed by atoms with E-state index in [4.69, 9.17) is 20.3 Å². The van der Waals surface area contributed by atoms with Crippen LogP contribution in [0, 0.1) is 0 Å². The van der Waals surface area contributed by atoms with E-state index in [1.807, 2.05) is 0 Å². The lowest BCUT2D eigenvalue weighted by molar-refractivity contribution is 0.555. The minimum atomic E-state index is 0.152. The molecule has 16 heavy (non-hydrogen) atoms. The molecule has 2 rings (SSSR count). The van der Waals surface area contributed by atoms with Gasteiger partial charge in [-0.2, -0.15) is 0 Å². The summed E-state index contributed by atoms with van der Waals surface area (Å²) in [4.78, 5) is 0. The Balaban J connectivity index is 2.17. The highest BCUT2D eigenvalue weighted by Gasteiger charge is 2.02. The summed E-state index contributed by atoms with van der Waals surface area (Å²) in [5.74, 6) is 1.19. The zero-order valence-corrected chi connectivity index (χ0v) is 8.33. The Morgan fingerprint density at radius 3 is 1.62 bits per heavy atom. The van der Waals surface area contributed by atoms with E-state index in [1.54, 1.807) is 24.3 Å². The quantitative estimate of drug-likeness (QED) is 0.453. The van der Waals surface area contributed by atoms with E-state index >= 15 is 0 Å². The first-order chi connectivity index (χ1) is 7.77. The normalized spacial score (nSPS) is 13.0. The van der Waals surface area contributed by atoms with E-state index in [1.165, 1.54) is 12.5 Å². The molecule has 6 nitrogen and oxygen atoms in total. The lowest BCUT2D eigenvalue weighted by atomic mass is 10.4. The molecule has 0 bridgehead atoms. The Bertz CT molecular complexity index is 449. The van der Waals surface area contributed by atoms with Gasteiger partial charge in [-0.05, 0) is 24.3 Å². The van der Waals surface area contributed by atoms with E-state index in [2.05, 4.69) is 10.2 Å². The second kappa shape index (κ2) is 4.35. The van der Waals surface area contributed by atoms with Gasteiger partial charge in [-0.25, -0.2) is 0 Å². The second-order valence-electron chi connectivity index (χ2n) is 2.93. The van der Waals surface area contributed by atoms with Gasteiger partial charge in [-0.15, -0.1) is 10.2 Å². The van der Waals surface area contributed by atoms with Gasteiger partial charge in [0.15, 0.2) is 23.2 Å². The van der Waals surface area contributed by atoms with Crippen LogP contribution in [-0.2, 0) is 0 Å². The fourth-order valence-corrected chi connectivity index (χ4v) is 1.05. The molecule has 0 unspecified atom stereocenters. The van der Waals surface area contributed by atoms with Gasteiger partial charge in [-0.1, -0.05) is 0 Å². The van der Waals surface area contributed by atoms with Gasteiger partial charge in [0, 0.05) is 0 Å². The molecule has 0 aliphatic rings. The first-order valence-electron chi connectivity index (χ1n) is 4.51. The first kappa shape index (κ1) is 10.0. The van der Waals surface area contributed by atoms with Crippen molar-refractivity contribution in [2.75, 3.05) is 0 Å². The van der Waals surface area contributed by atoms with E-state index in [9.17, 15) is 0 Å². The molecule has 0 aliphatic heterocycles. The molecule has 0 saturated heterocycles. The van der Waals surface area contributed by atoms with Crippen molar-refractivity contribution in [3.05, 3.63) is 48.3 Å². The first-order valence-corrected chi connectivity index (χ1v) is 4.51. The van der Waals surface area contributed by atoms with Crippen LogP contribution in [0.4, 0.5) is 0 Å². The fourth-order valence-electron chi connectivity index (χ4n) is 1.05. The predicted octanol–water partition coefficient (Wildman–Crippen LogP) is 0.898. The third kappa shape index (κ3) is 2.11. The van der Waals surface area contributed by atoms with Crippen LogP contribution in [0.2, 0.25) is 0 Å². The molecular weight excluding hydrogens is 208 g/mol. The molecule has 0 aliphatic carbocycles. The molecule has 0 spiro atoms. The summed E-state index contributed by atoms with van der Waals surface area (Å²) < 4.78 is 10.1. The zero-order chi connectivity index (χ0) is 11.4. The molecule has 0 atom stereocenters. The Morgan fingerprint density at radius 1 is 0.875 bits per heavy atom. The van der Waals surface area contributed by atoms with Crippen molar-refractivity contribution >= 4 is 11.7 Å². The molecule has 0 saturated carbocycles. The van der Waals surface area contributed by atoms with Crippen molar-refractivity contribution in [3.8, 4) is 0 Å². The summed E-state index contributed by atoms with van der Waals surface area (Å²) in [5.41, 5.74) is 11.2. The molecule has 2 heterocycles. The van der Waals surface area contributed by atoms with E-state index in [0.717, 1.165) is 0 Å². The van der Waals surface area contributed by atoms with Crippen molar-refractivity contribution in [2.45, 2.75) is 0 Å². The Labute approximate surface area is 91.2 Å². The molecule has 6 heteroatoms. The molecule has 82 valence electrons. The maximum Gasteiger partial charge on any atom is 0.189 e. The van der Waals surface area contributed by atoms with E-state index in [0.29, 0.717) is 11.5 Å². The molecule has 4 N–H and O–H groups in total. The topological polar surface area (TPSA) is 103 Å². The Kier molecular flexibility index (Phi) is 2.73. The van der Waals surface area contributed by atoms with Gasteiger partial charge in [0.05, 0.1) is 12.5 Å². The molecule has 0 radical (unpaired) electrons. The van der Waals surface area contributed by atoms with Crippen LogP contribution >= 0.6 is 0 Å². The summed E-state index contributed by atoms with van der Waals surface area (Å²) in [7, 11) is 0. The average Bonchev–Trinajstić information content (AvgIpc) is 2.95. The van der Waals surface area contributed by atoms with Crippen LogP contribution in [0.5, 0.6) is 0 Å². The number of nitrogens with zero attached hydrogens (tertiary/aromatic N) is 2. The van der Waals surface area contributed by atoms with Gasteiger partial charge < -0.3 is 20.3 Å². The third-order valence-electron chi connectivity index (χ3n) is 1.81. The number of amidine groups is 2. The van der Waals surface area contributed by atoms with Gasteiger partial charge in [0.25, 0.3) is 0 Å². The number of furan rings is 2. The van der Waals surface area contributed by atoms with Crippen LogP contribution in [-0.4, -0.2) is 11.7 Å². The van der Waals surface area contributed by atoms with Gasteiger partial charge in [-0.3, -0.25) is 0 Å². The number of hydrogen-bond donors (Lipinski definition) is 2. The minimum absolute atomic E-state index is 0.152. The van der Waals surface area contributed by atoms with Crippen molar-refractivity contribution in [3.63, 3.8) is 0 Å². The third-order valence-corrected chi connectivity index (χ3v) is 1.81. The van der Waals surface area contributed by atoms with Crippen LogP contribution in [0.3, 0.4) is 0 Å². The average molecular weight is 218 g/mol. The summed E-state index contributed by atoms with van der Waals surface area (Å²) in [6, 6.07) is 6.77. The Morgan fingerprint density at radius 2 is 1.31 bits per heavy atom. The smallest absolute Gasteiger partial charge is 0.189 e. The van der Waals surface area contributed by atoms with Gasteiger partial charge in [0.1, 0.15) is 0 Å². The molecule has 2 aromatic rings. The van der Waals surface area contributed by atoms with Crippen LogP contribution in [0.25, 0.3) is 0 Å². The number of rotatable bonds is 3. The van der Waals surface area contributed by atoms with Crippen LogP contribution < -0.4 is 11.5 Å². The van der Waals surface area contributed by atoms with Gasteiger partial charge in [0.2, 0.25) is 0 Å². The largest absolute Gasteiger partial charge is 0.461 e. The van der Waals surface area contributed by atoms with Crippen molar-refractivity contribution in [1.82, 2.24) is 0 Å². The zero-order valence-electron chi connectivity index (χ0n) is 8.33. The molecule has 2 aromatic heterocycles. The SMILES string of the molecule is N/C(=N\N=C(/N)c1ccco1)c1ccco1. The molecule has 0 fully saturated rings. The number of nitrogens with two attached hydrogens (primary N) is 2. The fraction of sp³-hybridized carbons (Fsp3) is 0. The van der Waals surface area contributed by atoms with E-state index in [-0.39, 0.29) is 11.7 Å². The summed E-state index contributed by atoms with van der Waals surface area (Å²) in [5, 5.41) is 7.45. The standard InChI is InChI=1S/C10H10N4O2/c11-9(7-3-1-5-15-7)13-14-10(12)8-4-2-6-16-8/h1-6H,(H2,11,13)(H2,12,14). The van der Waals surface area contributed by atoms with Crippen LogP contribution in [0.1, 0.15) is 11.5 Å². The van der Waals surface area contributed by atoms with Crippen molar-refractivity contribution in [1.29, 1.82) is 0 Å². The molecular formula is C10H10N4O2. The summed E-state index contributed by atoms with van der Waals surface area (Å²) >= 11 is 0. The monoisotopic (exact) mass is 218 g/mol. The summed E-state index contributed by atoms with van der Waals surface area (Å²) in [6.45, 7) is 0. The molecule has 0 amide bonds. The highest BCUT2D eigenvalue weighted by Crippen LogP contribution is 2.01. The number of hydrogen-bond acceptors (Lipinski definition) is 4. The lowest BCUT2D eigenvalue weighted by Gasteiger charge is -1.93. The maximum absolute atomic E-state index is 5.60. The minimum Gasteiger partial charge on any atom is -0.461 e. The molecule has 0 aromatic carbocycles. The summed E-state index contributed by atoms with van der Waals surface area (Å²) in [6.07, 6.45) is 2.99. The van der Waals surface area contributed by atoms with Crippen molar-refractivity contribution in [2.24, 2.45) is 21.7 Å². The van der Waals surface area contributed by atoms with Crippen molar-refractivity contribution < 1.29 is 8.83 Å². The second-order valence-corrected chi connectivity index (χ2v) is 2.93. The van der Waals surface area contributed by atoms with Crippen LogP contribution in [0.15, 0.2) is 55.8 Å². The maximum atomic E-state index is 5.60. The highest BCUT2D eigenvalue weighted by atomic mass is 16.3. The predicted molar refractivity (Wildman–Crippen MR) is 58.9 cm³/mol.